The Morgan fingerprint density at radius 1 is 1.00 bits per heavy atom. The van der Waals surface area contributed by atoms with Crippen LogP contribution in [0.25, 0.3) is 0 Å². The number of methoxy groups -OCH3 is 1. The average Bonchev–Trinajstić information content (AvgIpc) is 2.78. The van der Waals surface area contributed by atoms with Gasteiger partial charge >= 0.3 is 0 Å². The van der Waals surface area contributed by atoms with Crippen LogP contribution in [-0.2, 0) is 10.0 Å². The molecule has 3 rings (SSSR count). The molecule has 31 heavy (non-hydrogen) atoms. The smallest absolute Gasteiger partial charge is 0.264 e. The third-order valence-electron chi connectivity index (χ3n) is 4.92. The van der Waals surface area contributed by atoms with Gasteiger partial charge in [-0.2, -0.15) is 0 Å². The van der Waals surface area contributed by atoms with Crippen molar-refractivity contribution in [2.75, 3.05) is 18.5 Å². The summed E-state index contributed by atoms with van der Waals surface area (Å²) in [6.45, 7) is 1.83. The van der Waals surface area contributed by atoms with E-state index >= 15 is 0 Å². The van der Waals surface area contributed by atoms with Crippen LogP contribution >= 0.6 is 11.6 Å². The number of para-hydroxylation sites is 2. The second-order valence-electron chi connectivity index (χ2n) is 6.89. The van der Waals surface area contributed by atoms with Gasteiger partial charge in [-0.1, -0.05) is 41.9 Å². The molecule has 1 N–H and O–H groups in total. The van der Waals surface area contributed by atoms with Gasteiger partial charge in [0.05, 0.1) is 23.7 Å². The highest BCUT2D eigenvalue weighted by Crippen LogP contribution is 2.31. The number of rotatable bonds is 7. The second kappa shape index (κ2) is 9.41. The minimum atomic E-state index is -3.83. The molecule has 0 aliphatic carbocycles. The van der Waals surface area contributed by atoms with Crippen molar-refractivity contribution in [3.63, 3.8) is 0 Å². The number of hydrogen-bond acceptors (Lipinski definition) is 4. The van der Waals surface area contributed by atoms with Crippen molar-refractivity contribution in [3.05, 3.63) is 88.9 Å². The molecule has 0 saturated heterocycles. The van der Waals surface area contributed by atoms with Crippen molar-refractivity contribution >= 4 is 33.2 Å². The van der Waals surface area contributed by atoms with Crippen LogP contribution in [0.4, 0.5) is 5.69 Å². The Balaban J connectivity index is 1.79. The minimum absolute atomic E-state index is 0.0663. The molecule has 1 atom stereocenters. The van der Waals surface area contributed by atoms with Gasteiger partial charge in [0.1, 0.15) is 5.75 Å². The van der Waals surface area contributed by atoms with Crippen LogP contribution in [0.15, 0.2) is 77.7 Å². The molecule has 1 amide bonds. The molecule has 8 heteroatoms. The molecular formula is C23H23ClN2O4S. The summed E-state index contributed by atoms with van der Waals surface area (Å²) in [4.78, 5) is 12.7. The van der Waals surface area contributed by atoms with Gasteiger partial charge in [0.25, 0.3) is 15.9 Å². The fraction of sp³-hybridized carbons (Fsp3) is 0.174. The van der Waals surface area contributed by atoms with E-state index in [2.05, 4.69) is 5.32 Å². The molecule has 1 unspecified atom stereocenters. The summed E-state index contributed by atoms with van der Waals surface area (Å²) in [7, 11) is -0.895. The first-order valence-electron chi connectivity index (χ1n) is 9.53. The van der Waals surface area contributed by atoms with E-state index in [4.69, 9.17) is 16.3 Å². The molecular weight excluding hydrogens is 436 g/mol. The van der Waals surface area contributed by atoms with E-state index in [1.807, 2.05) is 25.1 Å². The van der Waals surface area contributed by atoms with Gasteiger partial charge in [0, 0.05) is 17.6 Å². The van der Waals surface area contributed by atoms with E-state index in [1.54, 1.807) is 30.3 Å². The van der Waals surface area contributed by atoms with E-state index in [1.165, 1.54) is 38.4 Å². The number of nitrogens with one attached hydrogen (secondary N) is 1. The Morgan fingerprint density at radius 2 is 1.61 bits per heavy atom. The van der Waals surface area contributed by atoms with Crippen molar-refractivity contribution in [3.8, 4) is 5.75 Å². The summed E-state index contributed by atoms with van der Waals surface area (Å²) in [5, 5.41) is 3.44. The number of carbonyl (C=O) groups is 1. The Hall–Kier alpha value is -3.03. The van der Waals surface area contributed by atoms with Gasteiger partial charge in [0.2, 0.25) is 0 Å². The zero-order valence-electron chi connectivity index (χ0n) is 17.4. The lowest BCUT2D eigenvalue weighted by Gasteiger charge is -2.21. The highest BCUT2D eigenvalue weighted by Gasteiger charge is 2.24. The van der Waals surface area contributed by atoms with E-state index in [0.717, 1.165) is 9.87 Å². The van der Waals surface area contributed by atoms with Crippen molar-refractivity contribution in [1.82, 2.24) is 5.32 Å². The fourth-order valence-corrected chi connectivity index (χ4v) is 4.65. The Bertz CT molecular complexity index is 1180. The highest BCUT2D eigenvalue weighted by molar-refractivity contribution is 7.92. The highest BCUT2D eigenvalue weighted by atomic mass is 35.5. The zero-order valence-corrected chi connectivity index (χ0v) is 18.9. The standard InChI is InChI=1S/C23H23ClN2O4S/c1-16(19-8-4-5-9-20(19)24)25-23(27)17-12-14-18(15-13-17)31(28,29)26(2)21-10-6-7-11-22(21)30-3/h4-16H,1-3H3,(H,25,27). The third-order valence-corrected chi connectivity index (χ3v) is 7.05. The maximum atomic E-state index is 13.0. The van der Waals surface area contributed by atoms with Crippen molar-refractivity contribution in [2.24, 2.45) is 0 Å². The quantitative estimate of drug-likeness (QED) is 0.558. The monoisotopic (exact) mass is 458 g/mol. The molecule has 0 aliphatic heterocycles. The summed E-state index contributed by atoms with van der Waals surface area (Å²) in [5.74, 6) is 0.118. The molecule has 0 bridgehead atoms. The van der Waals surface area contributed by atoms with Crippen LogP contribution in [0.3, 0.4) is 0 Å². The molecule has 0 heterocycles. The number of sulfonamides is 1. The number of hydrogen-bond donors (Lipinski definition) is 1. The molecule has 6 nitrogen and oxygen atoms in total. The van der Waals surface area contributed by atoms with Gasteiger partial charge in [-0.3, -0.25) is 9.10 Å². The van der Waals surface area contributed by atoms with Gasteiger partial charge in [-0.05, 0) is 55.0 Å². The van der Waals surface area contributed by atoms with Crippen LogP contribution in [0.1, 0.15) is 28.9 Å². The maximum Gasteiger partial charge on any atom is 0.264 e. The molecule has 162 valence electrons. The molecule has 0 aromatic heterocycles. The number of halogens is 1. The van der Waals surface area contributed by atoms with Gasteiger partial charge in [0.15, 0.2) is 0 Å². The Kier molecular flexibility index (Phi) is 6.87. The molecule has 0 saturated carbocycles. The molecule has 0 radical (unpaired) electrons. The van der Waals surface area contributed by atoms with Crippen molar-refractivity contribution in [2.45, 2.75) is 17.9 Å². The lowest BCUT2D eigenvalue weighted by atomic mass is 10.1. The number of benzene rings is 3. The van der Waals surface area contributed by atoms with Crippen LogP contribution in [0, 0.1) is 0 Å². The van der Waals surface area contributed by atoms with Gasteiger partial charge in [-0.15, -0.1) is 0 Å². The van der Waals surface area contributed by atoms with Crippen LogP contribution in [-0.4, -0.2) is 28.5 Å². The van der Waals surface area contributed by atoms with E-state index in [9.17, 15) is 13.2 Å². The van der Waals surface area contributed by atoms with Gasteiger partial charge in [-0.25, -0.2) is 8.42 Å². The van der Waals surface area contributed by atoms with E-state index < -0.39 is 10.0 Å². The van der Waals surface area contributed by atoms with Crippen molar-refractivity contribution < 1.29 is 17.9 Å². The minimum Gasteiger partial charge on any atom is -0.495 e. The summed E-state index contributed by atoms with van der Waals surface area (Å²) in [6, 6.07) is 19.6. The molecule has 0 fully saturated rings. The number of carbonyl (C=O) groups excluding carboxylic acids is 1. The molecule has 0 aliphatic rings. The lowest BCUT2D eigenvalue weighted by molar-refractivity contribution is 0.0940. The number of anilines is 1. The first kappa shape index (κ1) is 22.7. The fourth-order valence-electron chi connectivity index (χ4n) is 3.14. The first-order valence-corrected chi connectivity index (χ1v) is 11.3. The first-order chi connectivity index (χ1) is 14.8. The number of ether oxygens (including phenoxy) is 1. The summed E-state index contributed by atoms with van der Waals surface area (Å²) in [6.07, 6.45) is 0. The number of amides is 1. The van der Waals surface area contributed by atoms with Crippen molar-refractivity contribution in [1.29, 1.82) is 0 Å². The normalized spacial score (nSPS) is 12.1. The third kappa shape index (κ3) is 4.84. The van der Waals surface area contributed by atoms with E-state index in [0.29, 0.717) is 22.0 Å². The van der Waals surface area contributed by atoms with Crippen LogP contribution < -0.4 is 14.4 Å². The van der Waals surface area contributed by atoms with Crippen LogP contribution in [0.5, 0.6) is 5.75 Å². The summed E-state index contributed by atoms with van der Waals surface area (Å²) in [5.41, 5.74) is 1.56. The SMILES string of the molecule is COc1ccccc1N(C)S(=O)(=O)c1ccc(C(=O)NC(C)c2ccccc2Cl)cc1. The number of nitrogens with zero attached hydrogens (tertiary/aromatic N) is 1. The second-order valence-corrected chi connectivity index (χ2v) is 9.26. The molecule has 0 spiro atoms. The molecule has 3 aromatic rings. The predicted octanol–water partition coefficient (Wildman–Crippen LogP) is 4.66. The maximum absolute atomic E-state index is 13.0. The summed E-state index contributed by atoms with van der Waals surface area (Å²) < 4.78 is 32.5. The van der Waals surface area contributed by atoms with E-state index in [-0.39, 0.29) is 16.8 Å². The summed E-state index contributed by atoms with van der Waals surface area (Å²) >= 11 is 6.19. The Morgan fingerprint density at radius 3 is 2.26 bits per heavy atom. The Labute approximate surface area is 187 Å². The van der Waals surface area contributed by atoms with Gasteiger partial charge < -0.3 is 10.1 Å². The zero-order chi connectivity index (χ0) is 22.6. The topological polar surface area (TPSA) is 75.7 Å². The lowest BCUT2D eigenvalue weighted by Crippen LogP contribution is -2.28. The average molecular weight is 459 g/mol. The molecule has 3 aromatic carbocycles. The predicted molar refractivity (Wildman–Crippen MR) is 122 cm³/mol. The van der Waals surface area contributed by atoms with Crippen LogP contribution in [0.2, 0.25) is 5.02 Å². The largest absolute Gasteiger partial charge is 0.495 e.